The molecular weight excluding hydrogens is 292 g/mol. The molecule has 1 heterocycles. The Morgan fingerprint density at radius 2 is 2.15 bits per heavy atom. The van der Waals surface area contributed by atoms with Crippen molar-refractivity contribution < 1.29 is 8.42 Å². The van der Waals surface area contributed by atoms with E-state index >= 15 is 0 Å². The molecule has 1 aromatic rings. The topological polar surface area (TPSA) is 49.4 Å². The number of nitrogens with zero attached hydrogens (tertiary/aromatic N) is 1. The van der Waals surface area contributed by atoms with E-state index in [0.717, 1.165) is 24.3 Å². The minimum atomic E-state index is -3.37. The van der Waals surface area contributed by atoms with Crippen LogP contribution in [0.1, 0.15) is 38.5 Å². The fourth-order valence-corrected chi connectivity index (χ4v) is 5.29. The lowest BCUT2D eigenvalue weighted by atomic mass is 10.3. The molecule has 114 valence electrons. The molecule has 0 atom stereocenters. The van der Waals surface area contributed by atoms with Gasteiger partial charge in [0.2, 0.25) is 10.0 Å². The second kappa shape index (κ2) is 6.56. The predicted octanol–water partition coefficient (Wildman–Crippen LogP) is 2.67. The average Bonchev–Trinajstić information content (AvgIpc) is 3.08. The highest BCUT2D eigenvalue weighted by atomic mass is 32.2. The first-order chi connectivity index (χ1) is 9.46. The SMILES string of the molecule is CCNCc1sccc1S(=O)(=O)N(CC1CC1)C(C)C. The quantitative estimate of drug-likeness (QED) is 0.802. The molecular formula is C14H24N2O2S2. The zero-order valence-electron chi connectivity index (χ0n) is 12.4. The fourth-order valence-electron chi connectivity index (χ4n) is 2.19. The maximum Gasteiger partial charge on any atom is 0.244 e. The van der Waals surface area contributed by atoms with Gasteiger partial charge in [-0.05, 0) is 50.6 Å². The molecule has 1 aliphatic carbocycles. The normalized spacial score (nSPS) is 16.2. The highest BCUT2D eigenvalue weighted by molar-refractivity contribution is 7.89. The number of nitrogens with one attached hydrogen (secondary N) is 1. The average molecular weight is 316 g/mol. The van der Waals surface area contributed by atoms with Gasteiger partial charge in [-0.1, -0.05) is 6.92 Å². The smallest absolute Gasteiger partial charge is 0.244 e. The Bertz CT molecular complexity index is 533. The van der Waals surface area contributed by atoms with Crippen LogP contribution in [0.2, 0.25) is 0 Å². The Hall–Kier alpha value is -0.430. The minimum Gasteiger partial charge on any atom is -0.312 e. The van der Waals surface area contributed by atoms with Gasteiger partial charge in [0.1, 0.15) is 0 Å². The summed E-state index contributed by atoms with van der Waals surface area (Å²) in [4.78, 5) is 1.39. The van der Waals surface area contributed by atoms with Gasteiger partial charge in [-0.3, -0.25) is 0 Å². The monoisotopic (exact) mass is 316 g/mol. The summed E-state index contributed by atoms with van der Waals surface area (Å²) >= 11 is 1.51. The Labute approximate surface area is 126 Å². The molecule has 20 heavy (non-hydrogen) atoms. The maximum atomic E-state index is 12.9. The maximum absolute atomic E-state index is 12.9. The lowest BCUT2D eigenvalue weighted by Gasteiger charge is -2.26. The standard InChI is InChI=1S/C14H24N2O2S2/c1-4-15-9-13-14(7-8-19-13)20(17,18)16(11(2)3)10-12-5-6-12/h7-8,11-12,15H,4-6,9-10H2,1-3H3. The molecule has 1 aromatic heterocycles. The van der Waals surface area contributed by atoms with E-state index in [1.54, 1.807) is 10.4 Å². The van der Waals surface area contributed by atoms with Gasteiger partial charge in [-0.2, -0.15) is 4.31 Å². The van der Waals surface area contributed by atoms with Crippen LogP contribution >= 0.6 is 11.3 Å². The Morgan fingerprint density at radius 3 is 2.70 bits per heavy atom. The third-order valence-electron chi connectivity index (χ3n) is 3.54. The number of hydrogen-bond donors (Lipinski definition) is 1. The first-order valence-corrected chi connectivity index (χ1v) is 9.57. The largest absolute Gasteiger partial charge is 0.312 e. The predicted molar refractivity (Wildman–Crippen MR) is 83.5 cm³/mol. The van der Waals surface area contributed by atoms with Crippen molar-refractivity contribution in [1.29, 1.82) is 0 Å². The number of sulfonamides is 1. The summed E-state index contributed by atoms with van der Waals surface area (Å²) in [5.74, 6) is 0.558. The molecule has 6 heteroatoms. The Kier molecular flexibility index (Phi) is 5.23. The highest BCUT2D eigenvalue weighted by Gasteiger charge is 2.34. The van der Waals surface area contributed by atoms with Crippen LogP contribution in [0.4, 0.5) is 0 Å². The van der Waals surface area contributed by atoms with E-state index < -0.39 is 10.0 Å². The second-order valence-electron chi connectivity index (χ2n) is 5.60. The highest BCUT2D eigenvalue weighted by Crippen LogP contribution is 2.34. The van der Waals surface area contributed by atoms with Gasteiger partial charge in [-0.25, -0.2) is 8.42 Å². The van der Waals surface area contributed by atoms with Gasteiger partial charge in [0.05, 0.1) is 4.90 Å². The van der Waals surface area contributed by atoms with E-state index in [2.05, 4.69) is 5.32 Å². The van der Waals surface area contributed by atoms with Crippen LogP contribution < -0.4 is 5.32 Å². The summed E-state index contributed by atoms with van der Waals surface area (Å²) in [6, 6.07) is 1.75. The van der Waals surface area contributed by atoms with Crippen molar-refractivity contribution >= 4 is 21.4 Å². The third-order valence-corrected chi connectivity index (χ3v) is 6.71. The molecule has 0 aromatic carbocycles. The van der Waals surface area contributed by atoms with Gasteiger partial charge in [0, 0.05) is 24.0 Å². The summed E-state index contributed by atoms with van der Waals surface area (Å²) in [6.45, 7) is 8.06. The molecule has 0 spiro atoms. The van der Waals surface area contributed by atoms with Gasteiger partial charge in [-0.15, -0.1) is 11.3 Å². The van der Waals surface area contributed by atoms with E-state index in [-0.39, 0.29) is 6.04 Å². The summed E-state index contributed by atoms with van der Waals surface area (Å²) in [6.07, 6.45) is 2.32. The van der Waals surface area contributed by atoms with E-state index in [1.165, 1.54) is 11.3 Å². The molecule has 1 fully saturated rings. The molecule has 0 amide bonds. The first kappa shape index (κ1) is 15.9. The molecule has 1 aliphatic rings. The molecule has 1 N–H and O–H groups in total. The van der Waals surface area contributed by atoms with Crippen molar-refractivity contribution in [2.75, 3.05) is 13.1 Å². The molecule has 0 unspecified atom stereocenters. The van der Waals surface area contributed by atoms with Gasteiger partial charge in [0.15, 0.2) is 0 Å². The first-order valence-electron chi connectivity index (χ1n) is 7.25. The number of rotatable bonds is 8. The summed E-state index contributed by atoms with van der Waals surface area (Å²) in [7, 11) is -3.37. The van der Waals surface area contributed by atoms with E-state index in [9.17, 15) is 8.42 Å². The molecule has 0 radical (unpaired) electrons. The van der Waals surface area contributed by atoms with E-state index in [1.807, 2.05) is 26.2 Å². The molecule has 0 saturated heterocycles. The van der Waals surface area contributed by atoms with E-state index in [0.29, 0.717) is 23.9 Å². The van der Waals surface area contributed by atoms with Crippen LogP contribution in [0.25, 0.3) is 0 Å². The zero-order valence-corrected chi connectivity index (χ0v) is 14.1. The summed E-state index contributed by atoms with van der Waals surface area (Å²) < 4.78 is 27.4. The second-order valence-corrected chi connectivity index (χ2v) is 8.46. The van der Waals surface area contributed by atoms with Crippen LogP contribution in [0.3, 0.4) is 0 Å². The van der Waals surface area contributed by atoms with Gasteiger partial charge < -0.3 is 5.32 Å². The molecule has 0 aliphatic heterocycles. The zero-order chi connectivity index (χ0) is 14.8. The van der Waals surface area contributed by atoms with Crippen molar-refractivity contribution in [3.63, 3.8) is 0 Å². The minimum absolute atomic E-state index is 0.00693. The lowest BCUT2D eigenvalue weighted by molar-refractivity contribution is 0.341. The van der Waals surface area contributed by atoms with Crippen molar-refractivity contribution in [3.8, 4) is 0 Å². The third kappa shape index (κ3) is 3.61. The van der Waals surface area contributed by atoms with Crippen molar-refractivity contribution in [1.82, 2.24) is 9.62 Å². The van der Waals surface area contributed by atoms with Gasteiger partial charge >= 0.3 is 0 Å². The van der Waals surface area contributed by atoms with Gasteiger partial charge in [0.25, 0.3) is 0 Å². The summed E-state index contributed by atoms with van der Waals surface area (Å²) in [5, 5.41) is 5.08. The molecule has 4 nitrogen and oxygen atoms in total. The number of thiophene rings is 1. The lowest BCUT2D eigenvalue weighted by Crippen LogP contribution is -2.38. The van der Waals surface area contributed by atoms with Crippen molar-refractivity contribution in [2.24, 2.45) is 5.92 Å². The Morgan fingerprint density at radius 1 is 1.45 bits per heavy atom. The molecule has 1 saturated carbocycles. The summed E-state index contributed by atoms with van der Waals surface area (Å²) in [5.41, 5.74) is 0. The fraction of sp³-hybridized carbons (Fsp3) is 0.714. The van der Waals surface area contributed by atoms with Crippen LogP contribution in [0.5, 0.6) is 0 Å². The van der Waals surface area contributed by atoms with E-state index in [4.69, 9.17) is 0 Å². The van der Waals surface area contributed by atoms with Crippen LogP contribution in [0, 0.1) is 5.92 Å². The molecule has 0 bridgehead atoms. The number of hydrogen-bond acceptors (Lipinski definition) is 4. The van der Waals surface area contributed by atoms with Crippen LogP contribution in [-0.4, -0.2) is 31.9 Å². The van der Waals surface area contributed by atoms with Crippen LogP contribution in [0.15, 0.2) is 16.3 Å². The molecule has 2 rings (SSSR count). The van der Waals surface area contributed by atoms with Crippen molar-refractivity contribution in [2.45, 2.75) is 51.1 Å². The van der Waals surface area contributed by atoms with Crippen LogP contribution in [-0.2, 0) is 16.6 Å². The van der Waals surface area contributed by atoms with Crippen molar-refractivity contribution in [3.05, 3.63) is 16.3 Å². The Balaban J connectivity index is 2.24.